The lowest BCUT2D eigenvalue weighted by Crippen LogP contribution is -2.19. The van der Waals surface area contributed by atoms with E-state index in [2.05, 4.69) is 36.3 Å². The molecule has 0 aromatic heterocycles. The summed E-state index contributed by atoms with van der Waals surface area (Å²) in [4.78, 5) is 4.39. The normalized spacial score (nSPS) is 21.7. The third-order valence-corrected chi connectivity index (χ3v) is 1.04. The van der Waals surface area contributed by atoms with Crippen molar-refractivity contribution >= 4 is 12.1 Å². The summed E-state index contributed by atoms with van der Waals surface area (Å²) in [7, 11) is 0. The van der Waals surface area contributed by atoms with Crippen molar-refractivity contribution in [2.24, 2.45) is 10.1 Å². The summed E-state index contributed by atoms with van der Waals surface area (Å²) >= 11 is 0. The Labute approximate surface area is 61.2 Å². The molecule has 0 aliphatic carbocycles. The zero-order chi connectivity index (χ0) is 7.61. The van der Waals surface area contributed by atoms with Crippen molar-refractivity contribution in [2.45, 2.75) is 32.7 Å². The number of rotatable bonds is 0. The Bertz CT molecular complexity index is 164. The molecule has 0 atom stereocenters. The van der Waals surface area contributed by atoms with Gasteiger partial charge in [-0.1, -0.05) is 0 Å². The van der Waals surface area contributed by atoms with Crippen LogP contribution < -0.4 is 5.43 Å². The molecule has 1 N–H and O–H groups in total. The van der Waals surface area contributed by atoms with E-state index in [9.17, 15) is 0 Å². The number of nitrogens with zero attached hydrogens (tertiary/aromatic N) is 2. The van der Waals surface area contributed by atoms with E-state index in [0.29, 0.717) is 0 Å². The van der Waals surface area contributed by atoms with Crippen LogP contribution >= 0.6 is 0 Å². The Morgan fingerprint density at radius 2 is 2.30 bits per heavy atom. The minimum absolute atomic E-state index is 0.00995. The minimum atomic E-state index is 0.00995. The molecule has 0 aromatic carbocycles. The Hall–Kier alpha value is -0.860. The molecule has 10 heavy (non-hydrogen) atoms. The number of nitrogens with one attached hydrogen (secondary N) is 1. The first-order valence-electron chi connectivity index (χ1n) is 3.44. The number of hydrogen-bond acceptors (Lipinski definition) is 2. The molecule has 0 amide bonds. The Morgan fingerprint density at radius 1 is 1.60 bits per heavy atom. The summed E-state index contributed by atoms with van der Waals surface area (Å²) < 4.78 is 0. The fraction of sp³-hybridized carbons (Fsp3) is 0.714. The first-order valence-corrected chi connectivity index (χ1v) is 3.44. The molecule has 0 saturated heterocycles. The number of aliphatic imine (C=N–C) groups is 1. The van der Waals surface area contributed by atoms with Gasteiger partial charge in [-0.3, -0.25) is 10.4 Å². The van der Waals surface area contributed by atoms with Crippen molar-refractivity contribution in [2.75, 3.05) is 0 Å². The molecule has 1 rings (SSSR count). The summed E-state index contributed by atoms with van der Waals surface area (Å²) in [5.74, 6) is 0.965. The van der Waals surface area contributed by atoms with E-state index in [1.165, 1.54) is 0 Å². The topological polar surface area (TPSA) is 36.8 Å². The highest BCUT2D eigenvalue weighted by molar-refractivity contribution is 5.97. The average molecular weight is 139 g/mol. The lowest BCUT2D eigenvalue weighted by Gasteiger charge is -2.12. The van der Waals surface area contributed by atoms with Gasteiger partial charge in [0.25, 0.3) is 0 Å². The second-order valence-corrected chi connectivity index (χ2v) is 3.36. The van der Waals surface area contributed by atoms with Crippen LogP contribution in [0.2, 0.25) is 0 Å². The van der Waals surface area contributed by atoms with Crippen molar-refractivity contribution in [3.63, 3.8) is 0 Å². The molecule has 0 radical (unpaired) electrons. The van der Waals surface area contributed by atoms with Gasteiger partial charge in [-0.15, -0.1) is 0 Å². The molecular formula is C7H13N3. The third kappa shape index (κ3) is 2.17. The monoisotopic (exact) mass is 139 g/mol. The molecule has 0 spiro atoms. The van der Waals surface area contributed by atoms with Gasteiger partial charge in [-0.25, -0.2) is 0 Å². The molecule has 1 heterocycles. The van der Waals surface area contributed by atoms with Crippen LogP contribution in [0, 0.1) is 0 Å². The lowest BCUT2D eigenvalue weighted by molar-refractivity contribution is 0.579. The van der Waals surface area contributed by atoms with Gasteiger partial charge in [0.05, 0.1) is 5.54 Å². The molecule has 3 nitrogen and oxygen atoms in total. The average Bonchev–Trinajstić information content (AvgIpc) is 2.12. The Morgan fingerprint density at radius 3 is 2.70 bits per heavy atom. The molecule has 56 valence electrons. The van der Waals surface area contributed by atoms with Gasteiger partial charge in [-0.05, 0) is 20.8 Å². The van der Waals surface area contributed by atoms with Gasteiger partial charge in [0.15, 0.2) is 0 Å². The maximum Gasteiger partial charge on any atom is 0.123 e. The van der Waals surface area contributed by atoms with E-state index < -0.39 is 0 Å². The summed E-state index contributed by atoms with van der Waals surface area (Å²) in [6.45, 7) is 6.21. The van der Waals surface area contributed by atoms with Gasteiger partial charge in [0.1, 0.15) is 5.84 Å². The van der Waals surface area contributed by atoms with Crippen LogP contribution in [-0.2, 0) is 0 Å². The van der Waals surface area contributed by atoms with Crippen molar-refractivity contribution < 1.29 is 0 Å². The lowest BCUT2D eigenvalue weighted by atomic mass is 10.1. The molecule has 0 fully saturated rings. The van der Waals surface area contributed by atoms with Crippen molar-refractivity contribution in [3.8, 4) is 0 Å². The summed E-state index contributed by atoms with van der Waals surface area (Å²) in [6, 6.07) is 0. The molecule has 0 unspecified atom stereocenters. The maximum atomic E-state index is 4.39. The highest BCUT2D eigenvalue weighted by Gasteiger charge is 2.10. The van der Waals surface area contributed by atoms with E-state index in [1.54, 1.807) is 0 Å². The van der Waals surface area contributed by atoms with E-state index in [-0.39, 0.29) is 5.54 Å². The Kier molecular flexibility index (Phi) is 1.74. The highest BCUT2D eigenvalue weighted by atomic mass is 15.3. The summed E-state index contributed by atoms with van der Waals surface area (Å²) in [5.41, 5.74) is 2.84. The third-order valence-electron chi connectivity index (χ3n) is 1.04. The minimum Gasteiger partial charge on any atom is -0.265 e. The summed E-state index contributed by atoms with van der Waals surface area (Å²) in [6.07, 6.45) is 2.67. The van der Waals surface area contributed by atoms with Crippen LogP contribution in [0.1, 0.15) is 27.2 Å². The summed E-state index contributed by atoms with van der Waals surface area (Å²) in [5, 5.41) is 3.84. The predicted molar refractivity (Wildman–Crippen MR) is 43.4 cm³/mol. The van der Waals surface area contributed by atoms with Crippen molar-refractivity contribution in [1.29, 1.82) is 0 Å². The predicted octanol–water partition coefficient (Wildman–Crippen LogP) is 1.16. The highest BCUT2D eigenvalue weighted by Crippen LogP contribution is 2.07. The van der Waals surface area contributed by atoms with Gasteiger partial charge < -0.3 is 0 Å². The number of amidine groups is 1. The standard InChI is InChI=1S/C7H13N3/c1-7(2,3)9-6-4-5-8-10-6/h5H,4H2,1-3H3,(H,9,10). The fourth-order valence-corrected chi connectivity index (χ4v) is 0.773. The van der Waals surface area contributed by atoms with Gasteiger partial charge in [0.2, 0.25) is 0 Å². The second kappa shape index (κ2) is 2.40. The fourth-order valence-electron chi connectivity index (χ4n) is 0.773. The second-order valence-electron chi connectivity index (χ2n) is 3.36. The largest absolute Gasteiger partial charge is 0.265 e. The van der Waals surface area contributed by atoms with Crippen LogP contribution in [0.4, 0.5) is 0 Å². The first kappa shape index (κ1) is 7.25. The number of hydrazone groups is 1. The zero-order valence-electron chi connectivity index (χ0n) is 6.68. The van der Waals surface area contributed by atoms with Crippen LogP contribution in [0.3, 0.4) is 0 Å². The quantitative estimate of drug-likeness (QED) is 0.537. The van der Waals surface area contributed by atoms with Crippen LogP contribution in [-0.4, -0.2) is 17.6 Å². The first-order chi connectivity index (χ1) is 4.58. The smallest absolute Gasteiger partial charge is 0.123 e. The molecule has 0 bridgehead atoms. The SMILES string of the molecule is CC(C)(C)N=C1CC=NN1. The Balaban J connectivity index is 2.56. The van der Waals surface area contributed by atoms with Crippen molar-refractivity contribution in [3.05, 3.63) is 0 Å². The molecule has 1 aliphatic heterocycles. The molecular weight excluding hydrogens is 126 g/mol. The van der Waals surface area contributed by atoms with Crippen LogP contribution in [0.5, 0.6) is 0 Å². The van der Waals surface area contributed by atoms with E-state index >= 15 is 0 Å². The van der Waals surface area contributed by atoms with E-state index in [1.807, 2.05) is 6.21 Å². The number of hydrogen-bond donors (Lipinski definition) is 1. The molecule has 0 aromatic rings. The van der Waals surface area contributed by atoms with Crippen LogP contribution in [0.15, 0.2) is 10.1 Å². The van der Waals surface area contributed by atoms with E-state index in [0.717, 1.165) is 12.3 Å². The van der Waals surface area contributed by atoms with Crippen LogP contribution in [0.25, 0.3) is 0 Å². The van der Waals surface area contributed by atoms with Gasteiger partial charge in [-0.2, -0.15) is 5.10 Å². The molecule has 0 saturated carbocycles. The maximum absolute atomic E-state index is 4.39. The van der Waals surface area contributed by atoms with E-state index in [4.69, 9.17) is 0 Å². The molecule has 3 heteroatoms. The van der Waals surface area contributed by atoms with Crippen molar-refractivity contribution in [1.82, 2.24) is 5.43 Å². The van der Waals surface area contributed by atoms with Gasteiger partial charge >= 0.3 is 0 Å². The zero-order valence-corrected chi connectivity index (χ0v) is 6.68. The van der Waals surface area contributed by atoms with Gasteiger partial charge in [0, 0.05) is 12.6 Å². The molecule has 1 aliphatic rings.